The molecule has 0 aliphatic carbocycles. The van der Waals surface area contributed by atoms with E-state index >= 15 is 0 Å². The second kappa shape index (κ2) is 8.48. The van der Waals surface area contributed by atoms with Crippen molar-refractivity contribution >= 4 is 32.2 Å². The van der Waals surface area contributed by atoms with Crippen LogP contribution in [0, 0.1) is 5.82 Å². The lowest BCUT2D eigenvalue weighted by Gasteiger charge is -2.13. The van der Waals surface area contributed by atoms with Gasteiger partial charge in [0.25, 0.3) is 5.56 Å². The number of halogens is 5. The predicted molar refractivity (Wildman–Crippen MR) is 118 cm³/mol. The van der Waals surface area contributed by atoms with Gasteiger partial charge in [-0.05, 0) is 42.0 Å². The zero-order valence-corrected chi connectivity index (χ0v) is 18.8. The molecule has 0 aliphatic rings. The Labute approximate surface area is 195 Å². The van der Waals surface area contributed by atoms with Gasteiger partial charge in [-0.15, -0.1) is 0 Å². The minimum atomic E-state index is -4.68. The fourth-order valence-corrected chi connectivity index (χ4v) is 4.58. The molecule has 2 aromatic carbocycles. The van der Waals surface area contributed by atoms with Gasteiger partial charge in [-0.25, -0.2) is 17.8 Å². The Kier molecular flexibility index (Phi) is 5.94. The molecule has 6 nitrogen and oxygen atoms in total. The van der Waals surface area contributed by atoms with Gasteiger partial charge in [-0.3, -0.25) is 4.79 Å². The summed E-state index contributed by atoms with van der Waals surface area (Å²) < 4.78 is 79.6. The first-order valence-electron chi connectivity index (χ1n) is 9.69. The second-order valence-electron chi connectivity index (χ2n) is 7.27. The summed E-state index contributed by atoms with van der Waals surface area (Å²) in [6.45, 7) is 1.37. The maximum atomic E-state index is 13.8. The fourth-order valence-electron chi connectivity index (χ4n) is 3.33. The molecular weight excluding hydrogens is 498 g/mol. The van der Waals surface area contributed by atoms with Gasteiger partial charge in [0.05, 0.1) is 22.9 Å². The van der Waals surface area contributed by atoms with Gasteiger partial charge in [0.1, 0.15) is 10.7 Å². The number of pyridine rings is 1. The summed E-state index contributed by atoms with van der Waals surface area (Å²) in [6.07, 6.45) is -2.35. The molecule has 34 heavy (non-hydrogen) atoms. The zero-order chi connectivity index (χ0) is 24.8. The van der Waals surface area contributed by atoms with Crippen LogP contribution in [0.4, 0.5) is 17.6 Å². The SMILES string of the molecule is CCS(=O)(=O)c1cc(-c2cc(F)cc(Cl)c2)cnc1-n1ncc2ccc(C(F)(F)F)cc2c1=O. The Balaban J connectivity index is 1.98. The maximum absolute atomic E-state index is 13.8. The van der Waals surface area contributed by atoms with Gasteiger partial charge in [0, 0.05) is 22.2 Å². The Morgan fingerprint density at radius 2 is 1.76 bits per heavy atom. The van der Waals surface area contributed by atoms with E-state index in [0.717, 1.165) is 30.5 Å². The fraction of sp³-hybridized carbons (Fsp3) is 0.136. The Morgan fingerprint density at radius 1 is 1.03 bits per heavy atom. The number of aromatic nitrogens is 3. The third kappa shape index (κ3) is 4.40. The average Bonchev–Trinajstić information content (AvgIpc) is 2.77. The van der Waals surface area contributed by atoms with Gasteiger partial charge in [-0.1, -0.05) is 24.6 Å². The standard InChI is InChI=1S/C22H14ClF4N3O3S/c1-2-34(32,33)19-7-14(13-5-16(23)9-17(24)6-13)10-28-20(19)30-21(31)18-8-15(22(25,26)27)4-3-12(18)11-29-30/h3-11H,2H2,1H3. The normalized spacial score (nSPS) is 12.3. The van der Waals surface area contributed by atoms with Crippen LogP contribution in [-0.2, 0) is 16.0 Å². The first kappa shape index (κ1) is 23.8. The van der Waals surface area contributed by atoms with E-state index in [9.17, 15) is 30.8 Å². The number of alkyl halides is 3. The highest BCUT2D eigenvalue weighted by Gasteiger charge is 2.31. The van der Waals surface area contributed by atoms with E-state index in [2.05, 4.69) is 10.1 Å². The third-order valence-corrected chi connectivity index (χ3v) is 7.01. The number of hydrogen-bond donors (Lipinski definition) is 0. The lowest BCUT2D eigenvalue weighted by Crippen LogP contribution is -2.25. The van der Waals surface area contributed by atoms with Crippen molar-refractivity contribution in [1.29, 1.82) is 0 Å². The van der Waals surface area contributed by atoms with E-state index in [1.807, 2.05) is 0 Å². The molecule has 4 rings (SSSR count). The second-order valence-corrected chi connectivity index (χ2v) is 9.95. The van der Waals surface area contributed by atoms with Crippen molar-refractivity contribution in [3.05, 3.63) is 81.6 Å². The van der Waals surface area contributed by atoms with Crippen LogP contribution in [0.1, 0.15) is 12.5 Å². The molecule has 0 unspecified atom stereocenters. The van der Waals surface area contributed by atoms with Crippen molar-refractivity contribution < 1.29 is 26.0 Å². The molecule has 0 atom stereocenters. The van der Waals surface area contributed by atoms with E-state index in [1.165, 1.54) is 25.3 Å². The molecule has 0 bridgehead atoms. The topological polar surface area (TPSA) is 81.9 Å². The van der Waals surface area contributed by atoms with Crippen LogP contribution in [0.3, 0.4) is 0 Å². The molecule has 0 saturated carbocycles. The number of sulfone groups is 1. The van der Waals surface area contributed by atoms with Gasteiger partial charge in [-0.2, -0.15) is 23.0 Å². The molecular formula is C22H14ClF4N3O3S. The molecule has 0 saturated heterocycles. The molecule has 0 radical (unpaired) electrons. The highest BCUT2D eigenvalue weighted by atomic mass is 35.5. The van der Waals surface area contributed by atoms with Crippen molar-refractivity contribution in [1.82, 2.24) is 14.8 Å². The van der Waals surface area contributed by atoms with Gasteiger partial charge < -0.3 is 0 Å². The average molecular weight is 512 g/mol. The largest absolute Gasteiger partial charge is 0.416 e. The lowest BCUT2D eigenvalue weighted by atomic mass is 10.1. The molecule has 0 spiro atoms. The lowest BCUT2D eigenvalue weighted by molar-refractivity contribution is -0.137. The van der Waals surface area contributed by atoms with Gasteiger partial charge in [0.2, 0.25) is 0 Å². The molecule has 0 fully saturated rings. The number of nitrogens with zero attached hydrogens (tertiary/aromatic N) is 3. The monoisotopic (exact) mass is 511 g/mol. The van der Waals surface area contributed by atoms with Crippen molar-refractivity contribution in [2.75, 3.05) is 5.75 Å². The Hall–Kier alpha value is -3.31. The summed E-state index contributed by atoms with van der Waals surface area (Å²) in [4.78, 5) is 16.7. The maximum Gasteiger partial charge on any atom is 0.416 e. The van der Waals surface area contributed by atoms with Gasteiger partial charge >= 0.3 is 6.18 Å². The van der Waals surface area contributed by atoms with Crippen molar-refractivity contribution in [3.63, 3.8) is 0 Å². The van der Waals surface area contributed by atoms with Crippen molar-refractivity contribution in [2.45, 2.75) is 18.0 Å². The Bertz CT molecular complexity index is 1580. The van der Waals surface area contributed by atoms with Crippen LogP contribution in [0.5, 0.6) is 0 Å². The molecule has 4 aromatic rings. The third-order valence-electron chi connectivity index (χ3n) is 5.06. The summed E-state index contributed by atoms with van der Waals surface area (Å²) in [6, 6.07) is 7.39. The molecule has 0 aliphatic heterocycles. The van der Waals surface area contributed by atoms with Crippen molar-refractivity contribution in [2.24, 2.45) is 0 Å². The first-order chi connectivity index (χ1) is 15.9. The van der Waals surface area contributed by atoms with E-state index < -0.39 is 43.7 Å². The highest BCUT2D eigenvalue weighted by Crippen LogP contribution is 2.31. The van der Waals surface area contributed by atoms with E-state index in [4.69, 9.17) is 11.6 Å². The van der Waals surface area contributed by atoms with Crippen LogP contribution in [-0.4, -0.2) is 28.9 Å². The smallest absolute Gasteiger partial charge is 0.267 e. The molecule has 0 N–H and O–H groups in total. The molecule has 2 heterocycles. The van der Waals surface area contributed by atoms with Crippen LogP contribution in [0.15, 0.2) is 64.5 Å². The van der Waals surface area contributed by atoms with Crippen molar-refractivity contribution in [3.8, 4) is 16.9 Å². The summed E-state index contributed by atoms with van der Waals surface area (Å²) in [5.41, 5.74) is -1.58. The minimum absolute atomic E-state index is 0.0758. The van der Waals surface area contributed by atoms with E-state index in [1.54, 1.807) is 0 Å². The summed E-state index contributed by atoms with van der Waals surface area (Å²) in [5.74, 6) is -1.41. The van der Waals surface area contributed by atoms with Crippen LogP contribution < -0.4 is 5.56 Å². The van der Waals surface area contributed by atoms with Gasteiger partial charge in [0.15, 0.2) is 15.7 Å². The minimum Gasteiger partial charge on any atom is -0.267 e. The molecule has 2 aromatic heterocycles. The highest BCUT2D eigenvalue weighted by molar-refractivity contribution is 7.91. The molecule has 12 heteroatoms. The summed E-state index contributed by atoms with van der Waals surface area (Å²) in [5, 5.41) is 3.82. The van der Waals surface area contributed by atoms with E-state index in [-0.39, 0.29) is 32.7 Å². The summed E-state index contributed by atoms with van der Waals surface area (Å²) in [7, 11) is -4.00. The summed E-state index contributed by atoms with van der Waals surface area (Å²) >= 11 is 5.89. The number of hydrogen-bond acceptors (Lipinski definition) is 5. The molecule has 176 valence electrons. The van der Waals surface area contributed by atoms with Crippen LogP contribution in [0.2, 0.25) is 5.02 Å². The predicted octanol–water partition coefficient (Wildman–Crippen LogP) is 5.05. The molecule has 0 amide bonds. The zero-order valence-electron chi connectivity index (χ0n) is 17.3. The van der Waals surface area contributed by atoms with Crippen LogP contribution >= 0.6 is 11.6 Å². The first-order valence-corrected chi connectivity index (χ1v) is 11.7. The number of rotatable bonds is 4. The Morgan fingerprint density at radius 3 is 2.41 bits per heavy atom. The van der Waals surface area contributed by atoms with E-state index in [0.29, 0.717) is 10.7 Å². The quantitative estimate of drug-likeness (QED) is 0.358. The number of benzene rings is 2. The number of fused-ring (bicyclic) bond motifs is 1. The van der Waals surface area contributed by atoms with Crippen LogP contribution in [0.25, 0.3) is 27.7 Å².